The van der Waals surface area contributed by atoms with Crippen LogP contribution in [0, 0.1) is 0 Å². The number of nitrogens with two attached hydrogens (primary N) is 1. The first kappa shape index (κ1) is 13.8. The van der Waals surface area contributed by atoms with E-state index in [4.69, 9.17) is 5.73 Å². The molecular weight excluding hydrogens is 236 g/mol. The van der Waals surface area contributed by atoms with Gasteiger partial charge in [0.05, 0.1) is 6.54 Å². The van der Waals surface area contributed by atoms with Gasteiger partial charge in [-0.3, -0.25) is 9.59 Å². The van der Waals surface area contributed by atoms with E-state index in [0.29, 0.717) is 0 Å². The van der Waals surface area contributed by atoms with Crippen LogP contribution in [0.1, 0.15) is 24.2 Å². The lowest BCUT2D eigenvalue weighted by Crippen LogP contribution is -2.42. The van der Waals surface area contributed by atoms with Gasteiger partial charge in [-0.1, -0.05) is 6.07 Å². The predicted octanol–water partition coefficient (Wildman–Crippen LogP) is 0.434. The minimum absolute atomic E-state index is 0.229. The van der Waals surface area contributed by atoms with Gasteiger partial charge in [0.15, 0.2) is 0 Å². The number of hydrogen-bond acceptors (Lipinski definition) is 4. The summed E-state index contributed by atoms with van der Waals surface area (Å²) in [6.07, 6.45) is 0. The van der Waals surface area contributed by atoms with Gasteiger partial charge >= 0.3 is 0 Å². The summed E-state index contributed by atoms with van der Waals surface area (Å²) >= 11 is 0. The average Bonchev–Trinajstić information content (AvgIpc) is 2.24. The molecule has 0 aliphatic heterocycles. The third kappa shape index (κ3) is 2.91. The number of phenolic OH excluding ortho intramolecular Hbond substituents is 2. The second-order valence-corrected chi connectivity index (χ2v) is 4.16. The Morgan fingerprint density at radius 1 is 1.28 bits per heavy atom. The monoisotopic (exact) mass is 252 g/mol. The minimum Gasteiger partial charge on any atom is -0.507 e. The molecule has 0 bridgehead atoms. The topological polar surface area (TPSA) is 104 Å². The predicted molar refractivity (Wildman–Crippen MR) is 65.1 cm³/mol. The fourth-order valence-electron chi connectivity index (χ4n) is 1.55. The van der Waals surface area contributed by atoms with Crippen molar-refractivity contribution in [2.24, 2.45) is 5.73 Å². The Morgan fingerprint density at radius 2 is 1.78 bits per heavy atom. The molecule has 2 amide bonds. The molecular formula is C12H16N2O4. The van der Waals surface area contributed by atoms with Crippen LogP contribution in [-0.4, -0.2) is 39.5 Å². The van der Waals surface area contributed by atoms with Crippen LogP contribution in [0.5, 0.6) is 11.5 Å². The summed E-state index contributed by atoms with van der Waals surface area (Å²) in [6.45, 7) is 3.14. The van der Waals surface area contributed by atoms with Crippen LogP contribution in [0.15, 0.2) is 18.2 Å². The lowest BCUT2D eigenvalue weighted by molar-refractivity contribution is -0.119. The van der Waals surface area contributed by atoms with Crippen molar-refractivity contribution in [3.63, 3.8) is 0 Å². The van der Waals surface area contributed by atoms with Gasteiger partial charge in [-0.2, -0.15) is 0 Å². The maximum atomic E-state index is 12.2. The fourth-order valence-corrected chi connectivity index (χ4v) is 1.55. The first-order valence-electron chi connectivity index (χ1n) is 5.44. The number of nitrogens with zero attached hydrogens (tertiary/aromatic N) is 1. The van der Waals surface area contributed by atoms with Crippen LogP contribution in [0.2, 0.25) is 0 Å². The molecule has 6 nitrogen and oxygen atoms in total. The fraction of sp³-hybridized carbons (Fsp3) is 0.333. The second kappa shape index (κ2) is 5.39. The largest absolute Gasteiger partial charge is 0.507 e. The molecule has 98 valence electrons. The van der Waals surface area contributed by atoms with Crippen molar-refractivity contribution in [3.05, 3.63) is 23.8 Å². The molecule has 0 atom stereocenters. The van der Waals surface area contributed by atoms with E-state index >= 15 is 0 Å². The van der Waals surface area contributed by atoms with E-state index in [9.17, 15) is 19.8 Å². The van der Waals surface area contributed by atoms with Gasteiger partial charge in [0.25, 0.3) is 5.91 Å². The summed E-state index contributed by atoms with van der Waals surface area (Å²) in [4.78, 5) is 24.3. The maximum absolute atomic E-state index is 12.2. The van der Waals surface area contributed by atoms with E-state index < -0.39 is 11.8 Å². The number of benzene rings is 1. The number of aromatic hydroxyl groups is 2. The molecule has 0 aromatic heterocycles. The number of phenols is 2. The Kier molecular flexibility index (Phi) is 4.14. The van der Waals surface area contributed by atoms with Crippen LogP contribution >= 0.6 is 0 Å². The van der Waals surface area contributed by atoms with E-state index in [2.05, 4.69) is 0 Å². The zero-order valence-electron chi connectivity index (χ0n) is 10.3. The molecule has 0 saturated carbocycles. The maximum Gasteiger partial charge on any atom is 0.262 e. The lowest BCUT2D eigenvalue weighted by Gasteiger charge is -2.25. The van der Waals surface area contributed by atoms with E-state index in [1.54, 1.807) is 13.8 Å². The molecule has 4 N–H and O–H groups in total. The Labute approximate surface area is 105 Å². The Hall–Kier alpha value is -2.24. The number of primary amides is 1. The number of amides is 2. The lowest BCUT2D eigenvalue weighted by atomic mass is 10.1. The summed E-state index contributed by atoms with van der Waals surface area (Å²) in [5.41, 5.74) is 4.84. The SMILES string of the molecule is CC(C)N(CC(N)=O)C(=O)c1c(O)cccc1O. The van der Waals surface area contributed by atoms with Gasteiger partial charge in [0.2, 0.25) is 5.91 Å². The van der Waals surface area contributed by atoms with Crippen LogP contribution in [-0.2, 0) is 4.79 Å². The molecule has 0 unspecified atom stereocenters. The van der Waals surface area contributed by atoms with E-state index in [1.165, 1.54) is 23.1 Å². The molecule has 1 aromatic rings. The van der Waals surface area contributed by atoms with Crippen LogP contribution < -0.4 is 5.73 Å². The molecule has 18 heavy (non-hydrogen) atoms. The molecule has 0 saturated heterocycles. The highest BCUT2D eigenvalue weighted by atomic mass is 16.3. The summed E-state index contributed by atoms with van der Waals surface area (Å²) in [7, 11) is 0. The Morgan fingerprint density at radius 3 is 2.17 bits per heavy atom. The number of carbonyl (C=O) groups is 2. The van der Waals surface area contributed by atoms with Crippen molar-refractivity contribution in [1.82, 2.24) is 4.90 Å². The highest BCUT2D eigenvalue weighted by Crippen LogP contribution is 2.28. The number of rotatable bonds is 4. The summed E-state index contributed by atoms with van der Waals surface area (Å²) in [5, 5.41) is 19.2. The van der Waals surface area contributed by atoms with Gasteiger partial charge in [0, 0.05) is 6.04 Å². The molecule has 0 fully saturated rings. The molecule has 1 rings (SSSR count). The van der Waals surface area contributed by atoms with E-state index in [0.717, 1.165) is 0 Å². The molecule has 0 aliphatic rings. The Bertz CT molecular complexity index is 451. The Balaban J connectivity index is 3.14. The summed E-state index contributed by atoms with van der Waals surface area (Å²) < 4.78 is 0. The average molecular weight is 252 g/mol. The number of hydrogen-bond donors (Lipinski definition) is 3. The van der Waals surface area contributed by atoms with Crippen LogP contribution in [0.3, 0.4) is 0 Å². The zero-order chi connectivity index (χ0) is 13.9. The number of carbonyl (C=O) groups excluding carboxylic acids is 2. The highest BCUT2D eigenvalue weighted by Gasteiger charge is 2.25. The third-order valence-corrected chi connectivity index (χ3v) is 2.44. The van der Waals surface area contributed by atoms with E-state index in [-0.39, 0.29) is 29.6 Å². The van der Waals surface area contributed by atoms with Crippen molar-refractivity contribution >= 4 is 11.8 Å². The van der Waals surface area contributed by atoms with Gasteiger partial charge < -0.3 is 20.8 Å². The molecule has 0 aliphatic carbocycles. The molecule has 0 spiro atoms. The molecule has 0 heterocycles. The normalized spacial score (nSPS) is 10.4. The molecule has 1 aromatic carbocycles. The molecule has 6 heteroatoms. The van der Waals surface area contributed by atoms with Crippen molar-refractivity contribution in [3.8, 4) is 11.5 Å². The second-order valence-electron chi connectivity index (χ2n) is 4.16. The van der Waals surface area contributed by atoms with E-state index in [1.807, 2.05) is 0 Å². The van der Waals surface area contributed by atoms with Crippen molar-refractivity contribution < 1.29 is 19.8 Å². The minimum atomic E-state index is -0.660. The first-order chi connectivity index (χ1) is 8.34. The van der Waals surface area contributed by atoms with Gasteiger partial charge in [-0.05, 0) is 26.0 Å². The summed E-state index contributed by atoms with van der Waals surface area (Å²) in [6, 6.07) is 3.70. The van der Waals surface area contributed by atoms with Crippen LogP contribution in [0.25, 0.3) is 0 Å². The standard InChI is InChI=1S/C12H16N2O4/c1-7(2)14(6-10(13)17)12(18)11-8(15)4-3-5-9(11)16/h3-5,7,15-16H,6H2,1-2H3,(H2,13,17). The van der Waals surface area contributed by atoms with Gasteiger partial charge in [0.1, 0.15) is 17.1 Å². The van der Waals surface area contributed by atoms with Crippen LogP contribution in [0.4, 0.5) is 0 Å². The smallest absolute Gasteiger partial charge is 0.262 e. The quantitative estimate of drug-likeness (QED) is 0.723. The highest BCUT2D eigenvalue weighted by molar-refractivity contribution is 6.01. The first-order valence-corrected chi connectivity index (χ1v) is 5.44. The van der Waals surface area contributed by atoms with Crippen molar-refractivity contribution in [2.75, 3.05) is 6.54 Å². The summed E-state index contributed by atoms with van der Waals surface area (Å²) in [5.74, 6) is -1.98. The van der Waals surface area contributed by atoms with Gasteiger partial charge in [-0.15, -0.1) is 0 Å². The third-order valence-electron chi connectivity index (χ3n) is 2.44. The molecule has 0 radical (unpaired) electrons. The van der Waals surface area contributed by atoms with Crippen molar-refractivity contribution in [1.29, 1.82) is 0 Å². The van der Waals surface area contributed by atoms with Gasteiger partial charge in [-0.25, -0.2) is 0 Å². The van der Waals surface area contributed by atoms with Crippen molar-refractivity contribution in [2.45, 2.75) is 19.9 Å². The zero-order valence-corrected chi connectivity index (χ0v) is 10.3.